The number of hydrogen-bond acceptors (Lipinski definition) is 3. The average molecular weight is 288 g/mol. The van der Waals surface area contributed by atoms with Crippen molar-refractivity contribution >= 4 is 15.9 Å². The molecule has 3 N–H and O–H groups in total. The number of phenolic OH excluding ortho intramolecular Hbond substituents is 1. The maximum Gasteiger partial charge on any atom is 0.134 e. The Balaban J connectivity index is 2.73. The van der Waals surface area contributed by atoms with Crippen LogP contribution >= 0.6 is 15.9 Å². The highest BCUT2D eigenvalue weighted by Crippen LogP contribution is 2.29. The van der Waals surface area contributed by atoms with Gasteiger partial charge in [-0.1, -0.05) is 13.0 Å². The second-order valence-corrected chi connectivity index (χ2v) is 4.78. The van der Waals surface area contributed by atoms with Crippen molar-refractivity contribution in [3.8, 4) is 5.75 Å². The van der Waals surface area contributed by atoms with Crippen LogP contribution in [0.1, 0.15) is 24.5 Å². The Bertz CT molecular complexity index is 351. The number of phenols is 1. The number of halogens is 1. The molecular formula is C12H18BrNO2. The van der Waals surface area contributed by atoms with Gasteiger partial charge in [0.25, 0.3) is 0 Å². The van der Waals surface area contributed by atoms with Gasteiger partial charge in [-0.2, -0.15) is 0 Å². The van der Waals surface area contributed by atoms with Gasteiger partial charge in [0, 0.05) is 18.2 Å². The number of aryl methyl sites for hydroxylation is 1. The van der Waals surface area contributed by atoms with Gasteiger partial charge in [0.05, 0.1) is 11.1 Å². The molecule has 0 aliphatic heterocycles. The Morgan fingerprint density at radius 3 is 2.69 bits per heavy atom. The fraction of sp³-hybridized carbons (Fsp3) is 0.500. The minimum Gasteiger partial charge on any atom is -0.506 e. The van der Waals surface area contributed by atoms with E-state index >= 15 is 0 Å². The summed E-state index contributed by atoms with van der Waals surface area (Å²) in [5.74, 6) is 0.269. The fourth-order valence-electron chi connectivity index (χ4n) is 1.53. The third kappa shape index (κ3) is 3.47. The number of aliphatic hydroxyl groups excluding tert-OH is 1. The van der Waals surface area contributed by atoms with Crippen molar-refractivity contribution in [1.82, 2.24) is 5.32 Å². The molecule has 0 heterocycles. The van der Waals surface area contributed by atoms with Gasteiger partial charge in [-0.15, -0.1) is 0 Å². The second kappa shape index (κ2) is 6.23. The quantitative estimate of drug-likeness (QED) is 0.779. The van der Waals surface area contributed by atoms with Gasteiger partial charge in [0.15, 0.2) is 0 Å². The number of benzene rings is 1. The largest absolute Gasteiger partial charge is 0.506 e. The first-order valence-electron chi connectivity index (χ1n) is 5.40. The molecule has 0 saturated carbocycles. The van der Waals surface area contributed by atoms with Crippen molar-refractivity contribution in [3.63, 3.8) is 0 Å². The van der Waals surface area contributed by atoms with E-state index in [1.807, 2.05) is 26.0 Å². The number of aromatic hydroxyl groups is 1. The summed E-state index contributed by atoms with van der Waals surface area (Å²) in [6, 6.07) is 3.90. The van der Waals surface area contributed by atoms with E-state index in [0.717, 1.165) is 17.5 Å². The summed E-state index contributed by atoms with van der Waals surface area (Å²) < 4.78 is 0.710. The van der Waals surface area contributed by atoms with Crippen molar-refractivity contribution in [2.45, 2.75) is 32.9 Å². The average Bonchev–Trinajstić information content (AvgIpc) is 2.26. The van der Waals surface area contributed by atoms with Gasteiger partial charge in [-0.25, -0.2) is 0 Å². The summed E-state index contributed by atoms with van der Waals surface area (Å²) >= 11 is 3.31. The zero-order chi connectivity index (χ0) is 12.1. The van der Waals surface area contributed by atoms with Crippen LogP contribution in [0.3, 0.4) is 0 Å². The van der Waals surface area contributed by atoms with Gasteiger partial charge < -0.3 is 15.5 Å². The maximum absolute atomic E-state index is 9.83. The molecule has 1 aromatic carbocycles. The molecule has 0 aliphatic rings. The molecule has 1 aromatic rings. The predicted octanol–water partition coefficient (Wildman–Crippen LogP) is 2.32. The molecule has 0 spiro atoms. The number of nitrogens with one attached hydrogen (secondary N) is 1. The van der Waals surface area contributed by atoms with Gasteiger partial charge >= 0.3 is 0 Å². The first-order valence-corrected chi connectivity index (χ1v) is 6.20. The molecule has 0 fully saturated rings. The molecular weight excluding hydrogens is 270 g/mol. The topological polar surface area (TPSA) is 52.5 Å². The van der Waals surface area contributed by atoms with Crippen molar-refractivity contribution in [2.24, 2.45) is 0 Å². The second-order valence-electron chi connectivity index (χ2n) is 3.92. The van der Waals surface area contributed by atoms with Crippen LogP contribution in [0.5, 0.6) is 5.75 Å². The van der Waals surface area contributed by atoms with E-state index in [0.29, 0.717) is 11.0 Å². The third-order valence-corrected chi connectivity index (χ3v) is 3.19. The molecule has 90 valence electrons. The Morgan fingerprint density at radius 1 is 1.44 bits per heavy atom. The highest BCUT2D eigenvalue weighted by molar-refractivity contribution is 9.10. The van der Waals surface area contributed by atoms with Crippen LogP contribution < -0.4 is 5.32 Å². The highest BCUT2D eigenvalue weighted by atomic mass is 79.9. The van der Waals surface area contributed by atoms with Gasteiger partial charge in [-0.3, -0.25) is 0 Å². The molecule has 16 heavy (non-hydrogen) atoms. The lowest BCUT2D eigenvalue weighted by Gasteiger charge is -2.15. The Kier molecular flexibility index (Phi) is 5.25. The smallest absolute Gasteiger partial charge is 0.134 e. The van der Waals surface area contributed by atoms with Crippen LogP contribution in [-0.4, -0.2) is 22.9 Å². The van der Waals surface area contributed by atoms with Crippen LogP contribution in [0.4, 0.5) is 0 Å². The lowest BCUT2D eigenvalue weighted by atomic mass is 10.1. The molecule has 0 unspecified atom stereocenters. The van der Waals surface area contributed by atoms with E-state index in [4.69, 9.17) is 5.11 Å². The standard InChI is InChI=1S/C12H18BrNO2/c1-3-10(7-15)14-6-9-4-8(2)5-11(13)12(9)16/h4-5,10,14-16H,3,6-7H2,1-2H3/t10-/m1/s1. The van der Waals surface area contributed by atoms with Gasteiger partial charge in [0.1, 0.15) is 5.75 Å². The lowest BCUT2D eigenvalue weighted by Crippen LogP contribution is -2.31. The zero-order valence-electron chi connectivity index (χ0n) is 9.63. The molecule has 3 nitrogen and oxygen atoms in total. The van der Waals surface area contributed by atoms with E-state index < -0.39 is 0 Å². The first-order chi connectivity index (χ1) is 7.58. The lowest BCUT2D eigenvalue weighted by molar-refractivity contribution is 0.238. The first kappa shape index (κ1) is 13.5. The van der Waals surface area contributed by atoms with Crippen molar-refractivity contribution < 1.29 is 10.2 Å². The van der Waals surface area contributed by atoms with Crippen LogP contribution in [0.25, 0.3) is 0 Å². The molecule has 0 radical (unpaired) electrons. The molecule has 0 aliphatic carbocycles. The zero-order valence-corrected chi connectivity index (χ0v) is 11.2. The molecule has 0 aromatic heterocycles. The van der Waals surface area contributed by atoms with Crippen molar-refractivity contribution in [3.05, 3.63) is 27.7 Å². The SMILES string of the molecule is CC[C@H](CO)NCc1cc(C)cc(Br)c1O. The monoisotopic (exact) mass is 287 g/mol. The van der Waals surface area contributed by atoms with Crippen molar-refractivity contribution in [2.75, 3.05) is 6.61 Å². The number of rotatable bonds is 5. The van der Waals surface area contributed by atoms with Crippen LogP contribution in [0, 0.1) is 6.92 Å². The van der Waals surface area contributed by atoms with E-state index in [-0.39, 0.29) is 18.4 Å². The summed E-state index contributed by atoms with van der Waals surface area (Å²) in [6.45, 7) is 4.67. The Hall–Kier alpha value is -0.580. The molecule has 0 saturated heterocycles. The van der Waals surface area contributed by atoms with Gasteiger partial charge in [-0.05, 0) is 40.9 Å². The van der Waals surface area contributed by atoms with Crippen LogP contribution in [0.2, 0.25) is 0 Å². The molecule has 4 heteroatoms. The molecule has 1 rings (SSSR count). The minimum absolute atomic E-state index is 0.0821. The summed E-state index contributed by atoms with van der Waals surface area (Å²) in [5.41, 5.74) is 1.94. The Morgan fingerprint density at radius 2 is 2.12 bits per heavy atom. The van der Waals surface area contributed by atoms with E-state index in [1.165, 1.54) is 0 Å². The number of aliphatic hydroxyl groups is 1. The summed E-state index contributed by atoms with van der Waals surface area (Å²) in [6.07, 6.45) is 0.865. The van der Waals surface area contributed by atoms with E-state index in [9.17, 15) is 5.11 Å². The minimum atomic E-state index is 0.0821. The maximum atomic E-state index is 9.83. The van der Waals surface area contributed by atoms with Gasteiger partial charge in [0.2, 0.25) is 0 Å². The van der Waals surface area contributed by atoms with E-state index in [2.05, 4.69) is 21.2 Å². The van der Waals surface area contributed by atoms with E-state index in [1.54, 1.807) is 0 Å². The molecule has 1 atom stereocenters. The summed E-state index contributed by atoms with van der Waals surface area (Å²) in [4.78, 5) is 0. The summed E-state index contributed by atoms with van der Waals surface area (Å²) in [7, 11) is 0. The van der Waals surface area contributed by atoms with Crippen LogP contribution in [-0.2, 0) is 6.54 Å². The molecule has 0 amide bonds. The molecule has 0 bridgehead atoms. The fourth-order valence-corrected chi connectivity index (χ4v) is 2.15. The summed E-state index contributed by atoms with van der Waals surface area (Å²) in [5, 5.41) is 22.1. The van der Waals surface area contributed by atoms with Crippen LogP contribution in [0.15, 0.2) is 16.6 Å². The Labute approximate surface area is 105 Å². The normalized spacial score (nSPS) is 12.8. The van der Waals surface area contributed by atoms with Crippen molar-refractivity contribution in [1.29, 1.82) is 0 Å². The third-order valence-electron chi connectivity index (χ3n) is 2.58. The predicted molar refractivity (Wildman–Crippen MR) is 68.5 cm³/mol. The highest BCUT2D eigenvalue weighted by Gasteiger charge is 2.09. The number of hydrogen-bond donors (Lipinski definition) is 3.